The minimum Gasteiger partial charge on any atom is -0.494 e. The summed E-state index contributed by atoms with van der Waals surface area (Å²) in [7, 11) is 1.38. The van der Waals surface area contributed by atoms with Crippen LogP contribution in [-0.2, 0) is 4.79 Å². The molecule has 4 aromatic rings. The number of aromatic nitrogens is 3. The second-order valence-corrected chi connectivity index (χ2v) is 8.47. The van der Waals surface area contributed by atoms with Gasteiger partial charge < -0.3 is 20.1 Å². The normalized spacial score (nSPS) is 15.1. The summed E-state index contributed by atoms with van der Waals surface area (Å²) in [6, 6.07) is 11.2. The lowest BCUT2D eigenvalue weighted by Gasteiger charge is -2.22. The van der Waals surface area contributed by atoms with Gasteiger partial charge in [0.1, 0.15) is 17.1 Å². The Morgan fingerprint density at radius 3 is 2.65 bits per heavy atom. The minimum absolute atomic E-state index is 0.0234. The number of methoxy groups -OCH3 is 1. The van der Waals surface area contributed by atoms with Crippen molar-refractivity contribution in [2.75, 3.05) is 13.7 Å². The molecule has 3 heterocycles. The number of hydrogen-bond acceptors (Lipinski definition) is 6. The van der Waals surface area contributed by atoms with E-state index in [0.717, 1.165) is 6.42 Å². The van der Waals surface area contributed by atoms with Gasteiger partial charge in [-0.05, 0) is 55.3 Å². The van der Waals surface area contributed by atoms with Gasteiger partial charge in [0.05, 0.1) is 18.8 Å². The van der Waals surface area contributed by atoms with E-state index in [0.29, 0.717) is 41.3 Å². The quantitative estimate of drug-likeness (QED) is 0.378. The lowest BCUT2D eigenvalue weighted by molar-refractivity contribution is -0.127. The van der Waals surface area contributed by atoms with Crippen LogP contribution in [0.15, 0.2) is 67.5 Å². The van der Waals surface area contributed by atoms with Crippen LogP contribution in [0.25, 0.3) is 16.8 Å². The predicted octanol–water partition coefficient (Wildman–Crippen LogP) is 4.28. The molecule has 2 aromatic heterocycles. The van der Waals surface area contributed by atoms with Crippen LogP contribution in [0, 0.1) is 5.82 Å². The van der Waals surface area contributed by atoms with Gasteiger partial charge in [0.2, 0.25) is 11.7 Å². The molecule has 0 unspecified atom stereocenters. The summed E-state index contributed by atoms with van der Waals surface area (Å²) in [5.41, 5.74) is 7.30. The highest BCUT2D eigenvalue weighted by atomic mass is 19.1. The molecule has 188 valence electrons. The summed E-state index contributed by atoms with van der Waals surface area (Å²) in [6.45, 7) is 4.19. The Hall–Kier alpha value is -4.73. The van der Waals surface area contributed by atoms with Gasteiger partial charge in [-0.1, -0.05) is 12.6 Å². The van der Waals surface area contributed by atoms with E-state index >= 15 is 0 Å². The molecule has 0 radical (unpaired) electrons. The molecule has 37 heavy (non-hydrogen) atoms. The molecule has 2 aromatic carbocycles. The zero-order chi connectivity index (χ0) is 26.1. The fraction of sp³-hybridized carbons (Fsp3) is 0.185. The molecule has 1 saturated heterocycles. The molecule has 1 fully saturated rings. The first kappa shape index (κ1) is 24.0. The number of carbonyl (C=O) groups excluding carboxylic acids is 2. The van der Waals surface area contributed by atoms with E-state index in [2.05, 4.69) is 11.6 Å². The average Bonchev–Trinajstić information content (AvgIpc) is 3.55. The third-order valence-electron chi connectivity index (χ3n) is 6.33. The van der Waals surface area contributed by atoms with E-state index in [4.69, 9.17) is 20.2 Å². The molecule has 1 atom stereocenters. The molecule has 2 amide bonds. The van der Waals surface area contributed by atoms with Crippen molar-refractivity contribution in [3.63, 3.8) is 0 Å². The first-order valence-corrected chi connectivity index (χ1v) is 11.6. The molecular weight excluding hydrogens is 477 g/mol. The van der Waals surface area contributed by atoms with Gasteiger partial charge >= 0.3 is 0 Å². The van der Waals surface area contributed by atoms with Crippen molar-refractivity contribution in [2.24, 2.45) is 5.73 Å². The lowest BCUT2D eigenvalue weighted by Crippen LogP contribution is -2.30. The zero-order valence-corrected chi connectivity index (χ0v) is 20.1. The lowest BCUT2D eigenvalue weighted by atomic mass is 10.1. The SMILES string of the molecule is C=CC(=O)N1CCC[C@H]1c1nc(-c2ccc(Oc3cccc(OC)c3F)cc2)c2c(C(N)=O)nccn12. The summed E-state index contributed by atoms with van der Waals surface area (Å²) in [6.07, 6.45) is 6.00. The maximum atomic E-state index is 14.5. The van der Waals surface area contributed by atoms with Gasteiger partial charge in [0.15, 0.2) is 17.2 Å². The summed E-state index contributed by atoms with van der Waals surface area (Å²) >= 11 is 0. The van der Waals surface area contributed by atoms with Crippen LogP contribution in [0.2, 0.25) is 0 Å². The molecular formula is C27H24FN5O4. The van der Waals surface area contributed by atoms with Crippen molar-refractivity contribution in [3.05, 3.63) is 84.8 Å². The molecule has 1 aliphatic heterocycles. The van der Waals surface area contributed by atoms with Crippen LogP contribution in [0.1, 0.15) is 35.2 Å². The summed E-state index contributed by atoms with van der Waals surface area (Å²) in [4.78, 5) is 35.5. The Bertz CT molecular complexity index is 1520. The van der Waals surface area contributed by atoms with Crippen molar-refractivity contribution in [3.8, 4) is 28.5 Å². The zero-order valence-electron chi connectivity index (χ0n) is 20.1. The summed E-state index contributed by atoms with van der Waals surface area (Å²) in [5.74, 6) is -0.392. The highest BCUT2D eigenvalue weighted by Crippen LogP contribution is 2.37. The summed E-state index contributed by atoms with van der Waals surface area (Å²) in [5, 5.41) is 0. The number of likely N-dealkylation sites (tertiary alicyclic amines) is 1. The molecule has 10 heteroatoms. The number of rotatable bonds is 7. The van der Waals surface area contributed by atoms with Crippen LogP contribution in [-0.4, -0.2) is 44.7 Å². The van der Waals surface area contributed by atoms with Gasteiger partial charge in [-0.2, -0.15) is 4.39 Å². The third kappa shape index (κ3) is 4.26. The number of hydrogen-bond donors (Lipinski definition) is 1. The second-order valence-electron chi connectivity index (χ2n) is 8.47. The van der Waals surface area contributed by atoms with E-state index < -0.39 is 11.7 Å². The van der Waals surface area contributed by atoms with E-state index in [1.54, 1.807) is 45.8 Å². The number of halogens is 1. The Morgan fingerprint density at radius 2 is 1.95 bits per heavy atom. The fourth-order valence-corrected chi connectivity index (χ4v) is 4.63. The molecule has 9 nitrogen and oxygen atoms in total. The number of primary amides is 1. The van der Waals surface area contributed by atoms with Crippen molar-refractivity contribution < 1.29 is 23.5 Å². The number of ether oxygens (including phenoxy) is 2. The molecule has 1 aliphatic rings. The van der Waals surface area contributed by atoms with Crippen LogP contribution >= 0.6 is 0 Å². The number of imidazole rings is 1. The smallest absolute Gasteiger partial charge is 0.269 e. The first-order valence-electron chi connectivity index (χ1n) is 11.6. The molecule has 0 saturated carbocycles. The van der Waals surface area contributed by atoms with Gasteiger partial charge in [-0.15, -0.1) is 0 Å². The molecule has 0 spiro atoms. The molecule has 0 bridgehead atoms. The number of nitrogens with zero attached hydrogens (tertiary/aromatic N) is 4. The van der Waals surface area contributed by atoms with Crippen molar-refractivity contribution in [2.45, 2.75) is 18.9 Å². The van der Waals surface area contributed by atoms with Crippen LogP contribution in [0.5, 0.6) is 17.2 Å². The summed E-state index contributed by atoms with van der Waals surface area (Å²) < 4.78 is 27.0. The highest BCUT2D eigenvalue weighted by molar-refractivity contribution is 6.01. The third-order valence-corrected chi connectivity index (χ3v) is 6.33. The number of nitrogens with two attached hydrogens (primary N) is 1. The van der Waals surface area contributed by atoms with Crippen LogP contribution in [0.3, 0.4) is 0 Å². The van der Waals surface area contributed by atoms with Crippen LogP contribution in [0.4, 0.5) is 4.39 Å². The Kier molecular flexibility index (Phi) is 6.31. The molecule has 0 aliphatic carbocycles. The van der Waals surface area contributed by atoms with E-state index in [1.165, 1.54) is 31.5 Å². The second kappa shape index (κ2) is 9.73. The topological polar surface area (TPSA) is 112 Å². The van der Waals surface area contributed by atoms with E-state index in [1.807, 2.05) is 0 Å². The average molecular weight is 502 g/mol. The van der Waals surface area contributed by atoms with Crippen LogP contribution < -0.4 is 15.2 Å². The number of benzene rings is 2. The number of amides is 2. The van der Waals surface area contributed by atoms with Crippen molar-refractivity contribution >= 4 is 17.3 Å². The van der Waals surface area contributed by atoms with Crippen molar-refractivity contribution in [1.29, 1.82) is 0 Å². The van der Waals surface area contributed by atoms with Gasteiger partial charge in [-0.25, -0.2) is 9.97 Å². The van der Waals surface area contributed by atoms with Gasteiger partial charge in [0, 0.05) is 24.5 Å². The Balaban J connectivity index is 1.57. The first-order chi connectivity index (χ1) is 17.9. The van der Waals surface area contributed by atoms with Gasteiger partial charge in [0.25, 0.3) is 5.91 Å². The molecule has 2 N–H and O–H groups in total. The Labute approximate surface area is 212 Å². The number of fused-ring (bicyclic) bond motifs is 1. The minimum atomic E-state index is -0.697. The number of carbonyl (C=O) groups is 2. The maximum absolute atomic E-state index is 14.5. The van der Waals surface area contributed by atoms with E-state index in [-0.39, 0.29) is 29.1 Å². The maximum Gasteiger partial charge on any atom is 0.269 e. The fourth-order valence-electron chi connectivity index (χ4n) is 4.63. The molecule has 5 rings (SSSR count). The predicted molar refractivity (Wildman–Crippen MR) is 134 cm³/mol. The van der Waals surface area contributed by atoms with E-state index in [9.17, 15) is 14.0 Å². The largest absolute Gasteiger partial charge is 0.494 e. The standard InChI is InChI=1S/C27H24FN5O4/c1-3-21(34)32-14-5-6-18(32)27-31-23(25-24(26(29)35)30-13-15-33(25)27)16-9-11-17(12-10-16)37-20-8-4-7-19(36-2)22(20)28/h3-4,7-13,15,18H,1,5-6,14H2,2H3,(H2,29,35)/t18-/m0/s1. The monoisotopic (exact) mass is 501 g/mol. The Morgan fingerprint density at radius 1 is 1.19 bits per heavy atom. The highest BCUT2D eigenvalue weighted by Gasteiger charge is 2.33. The van der Waals surface area contributed by atoms with Crippen molar-refractivity contribution in [1.82, 2.24) is 19.3 Å². The van der Waals surface area contributed by atoms with Gasteiger partial charge in [-0.3, -0.25) is 14.0 Å².